The van der Waals surface area contributed by atoms with E-state index in [1.807, 2.05) is 0 Å². The number of carbonyl (C=O) groups is 1. The fourth-order valence-electron chi connectivity index (χ4n) is 2.28. The summed E-state index contributed by atoms with van der Waals surface area (Å²) in [5, 5.41) is 22.9. The van der Waals surface area contributed by atoms with Crippen LogP contribution in [0.2, 0.25) is 0 Å². The summed E-state index contributed by atoms with van der Waals surface area (Å²) in [6, 6.07) is 1.34. The van der Waals surface area contributed by atoms with Crippen LogP contribution >= 0.6 is 0 Å². The fourth-order valence-corrected chi connectivity index (χ4v) is 3.50. The number of rotatable bonds is 2. The molecule has 1 heterocycles. The van der Waals surface area contributed by atoms with Crippen molar-refractivity contribution in [3.8, 4) is 0 Å². The molecular formula is C14H10F3N3O5S. The van der Waals surface area contributed by atoms with Crippen LogP contribution in [0.5, 0.6) is 0 Å². The number of sulfonamides is 1. The minimum absolute atomic E-state index is 0.191. The first kappa shape index (κ1) is 18.1. The van der Waals surface area contributed by atoms with Gasteiger partial charge >= 0.3 is 6.03 Å². The predicted octanol–water partition coefficient (Wildman–Crippen LogP) is 0.656. The van der Waals surface area contributed by atoms with Crippen LogP contribution in [0.15, 0.2) is 35.2 Å². The Bertz CT molecular complexity index is 1000. The van der Waals surface area contributed by atoms with Crippen molar-refractivity contribution in [2.75, 3.05) is 10.6 Å². The molecule has 26 heavy (non-hydrogen) atoms. The van der Waals surface area contributed by atoms with Gasteiger partial charge in [0.25, 0.3) is 5.91 Å². The van der Waals surface area contributed by atoms with Crippen LogP contribution in [0.3, 0.4) is 0 Å². The molecule has 2 aromatic carbocycles. The first-order valence-corrected chi connectivity index (χ1v) is 8.34. The normalized spacial score (nSPS) is 17.1. The highest BCUT2D eigenvalue weighted by Crippen LogP contribution is 2.29. The van der Waals surface area contributed by atoms with E-state index in [2.05, 4.69) is 10.6 Å². The van der Waals surface area contributed by atoms with Crippen molar-refractivity contribution in [1.82, 2.24) is 4.72 Å². The Hall–Kier alpha value is -2.67. The molecule has 12 heteroatoms. The molecule has 0 aliphatic carbocycles. The molecule has 0 atom stereocenters. The van der Waals surface area contributed by atoms with E-state index in [1.165, 1.54) is 4.72 Å². The Morgan fingerprint density at radius 2 is 1.69 bits per heavy atom. The van der Waals surface area contributed by atoms with E-state index >= 15 is 0 Å². The number of halogens is 3. The maximum Gasteiger partial charge on any atom is 0.323 e. The van der Waals surface area contributed by atoms with Gasteiger partial charge in [0.15, 0.2) is 17.5 Å². The SMILES string of the molecule is O=C(Nc1cc(F)c(F)c(F)c1)c1ccc2c(c1)S(=O)(=O)NC(O)(O)N2. The van der Waals surface area contributed by atoms with Crippen LogP contribution in [0, 0.1) is 17.5 Å². The van der Waals surface area contributed by atoms with Gasteiger partial charge in [-0.15, -0.1) is 4.72 Å². The molecule has 8 nitrogen and oxygen atoms in total. The van der Waals surface area contributed by atoms with Gasteiger partial charge in [-0.2, -0.15) is 0 Å². The third-order valence-electron chi connectivity index (χ3n) is 3.36. The molecule has 2 aromatic rings. The monoisotopic (exact) mass is 389 g/mol. The second-order valence-corrected chi connectivity index (χ2v) is 6.97. The fraction of sp³-hybridized carbons (Fsp3) is 0.0714. The summed E-state index contributed by atoms with van der Waals surface area (Å²) in [6.45, 7) is 0. The van der Waals surface area contributed by atoms with Gasteiger partial charge in [-0.3, -0.25) is 4.79 Å². The van der Waals surface area contributed by atoms with Crippen LogP contribution < -0.4 is 15.4 Å². The molecule has 0 aromatic heterocycles. The van der Waals surface area contributed by atoms with Crippen molar-refractivity contribution in [2.24, 2.45) is 0 Å². The zero-order valence-electron chi connectivity index (χ0n) is 12.5. The summed E-state index contributed by atoms with van der Waals surface area (Å²) in [5.41, 5.74) is -0.790. The molecule has 0 saturated carbocycles. The highest BCUT2D eigenvalue weighted by atomic mass is 32.2. The molecule has 3 rings (SSSR count). The highest BCUT2D eigenvalue weighted by molar-refractivity contribution is 7.89. The standard InChI is InChI=1S/C14H10F3N3O5S/c15-8-4-7(5-9(16)12(8)17)18-13(21)6-1-2-10-11(3-6)26(24,25)20-14(22,23)19-10/h1-5,19-20,22-23H,(H,18,21). The molecule has 1 aliphatic rings. The largest absolute Gasteiger partial charge is 0.335 e. The van der Waals surface area contributed by atoms with E-state index in [-0.39, 0.29) is 16.9 Å². The number of hydrogen-bond donors (Lipinski definition) is 5. The van der Waals surface area contributed by atoms with Gasteiger partial charge in [-0.25, -0.2) is 21.6 Å². The molecule has 138 valence electrons. The maximum atomic E-state index is 13.2. The minimum atomic E-state index is -4.36. The summed E-state index contributed by atoms with van der Waals surface area (Å²) in [5.74, 6) is -5.65. The molecule has 5 N–H and O–H groups in total. The Balaban J connectivity index is 1.93. The van der Waals surface area contributed by atoms with E-state index in [1.54, 1.807) is 0 Å². The second-order valence-electron chi connectivity index (χ2n) is 5.32. The van der Waals surface area contributed by atoms with Gasteiger partial charge in [0.05, 0.1) is 5.69 Å². The Morgan fingerprint density at radius 3 is 2.31 bits per heavy atom. The summed E-state index contributed by atoms with van der Waals surface area (Å²) in [7, 11) is -4.36. The molecule has 0 spiro atoms. The number of benzene rings is 2. The van der Waals surface area contributed by atoms with Crippen molar-refractivity contribution in [1.29, 1.82) is 0 Å². The third-order valence-corrected chi connectivity index (χ3v) is 4.83. The van der Waals surface area contributed by atoms with Crippen molar-refractivity contribution in [3.05, 3.63) is 53.3 Å². The van der Waals surface area contributed by atoms with Crippen LogP contribution in [0.1, 0.15) is 10.4 Å². The molecule has 0 radical (unpaired) electrons. The summed E-state index contributed by atoms with van der Waals surface area (Å²) < 4.78 is 64.8. The molecule has 0 saturated heterocycles. The lowest BCUT2D eigenvalue weighted by Crippen LogP contribution is -2.57. The van der Waals surface area contributed by atoms with E-state index < -0.39 is 44.3 Å². The second kappa shape index (κ2) is 5.95. The summed E-state index contributed by atoms with van der Waals surface area (Å²) in [6.07, 6.45) is 0. The number of aliphatic hydroxyl groups is 2. The first-order valence-electron chi connectivity index (χ1n) is 6.85. The molecule has 0 bridgehead atoms. The topological polar surface area (TPSA) is 128 Å². The molecule has 1 amide bonds. The van der Waals surface area contributed by atoms with Crippen LogP contribution in [0.25, 0.3) is 0 Å². The van der Waals surface area contributed by atoms with Crippen LogP contribution in [-0.4, -0.2) is 30.6 Å². The number of amides is 1. The minimum Gasteiger partial charge on any atom is -0.335 e. The highest BCUT2D eigenvalue weighted by Gasteiger charge is 2.38. The van der Waals surface area contributed by atoms with Crippen LogP contribution in [0.4, 0.5) is 24.5 Å². The van der Waals surface area contributed by atoms with Gasteiger partial charge < -0.3 is 20.8 Å². The lowest BCUT2D eigenvalue weighted by Gasteiger charge is -2.30. The van der Waals surface area contributed by atoms with E-state index in [0.29, 0.717) is 12.1 Å². The van der Waals surface area contributed by atoms with Crippen LogP contribution in [-0.2, 0) is 10.0 Å². The Kier molecular flexibility index (Phi) is 4.15. The molecule has 1 aliphatic heterocycles. The molecule has 0 unspecified atom stereocenters. The number of carbonyl (C=O) groups excluding carboxylic acids is 1. The predicted molar refractivity (Wildman–Crippen MR) is 81.8 cm³/mol. The van der Waals surface area contributed by atoms with Gasteiger partial charge in [-0.1, -0.05) is 0 Å². The summed E-state index contributed by atoms with van der Waals surface area (Å²) >= 11 is 0. The molecule has 0 fully saturated rings. The quantitative estimate of drug-likeness (QED) is 0.379. The van der Waals surface area contributed by atoms with Crippen molar-refractivity contribution in [2.45, 2.75) is 10.9 Å². The summed E-state index contributed by atoms with van der Waals surface area (Å²) in [4.78, 5) is 11.7. The van der Waals surface area contributed by atoms with Crippen molar-refractivity contribution >= 4 is 27.3 Å². The third kappa shape index (κ3) is 3.35. The van der Waals surface area contributed by atoms with Crippen molar-refractivity contribution < 1.29 is 36.6 Å². The van der Waals surface area contributed by atoms with E-state index in [0.717, 1.165) is 18.2 Å². The van der Waals surface area contributed by atoms with E-state index in [9.17, 15) is 36.6 Å². The molecular weight excluding hydrogens is 379 g/mol. The van der Waals surface area contributed by atoms with E-state index in [4.69, 9.17) is 0 Å². The number of hydrogen-bond acceptors (Lipinski definition) is 6. The number of anilines is 2. The van der Waals surface area contributed by atoms with Gasteiger partial charge in [0.2, 0.25) is 10.0 Å². The first-order chi connectivity index (χ1) is 12.0. The Labute approximate surface area is 144 Å². The average Bonchev–Trinajstić information content (AvgIpc) is 2.50. The van der Waals surface area contributed by atoms with Gasteiger partial charge in [-0.05, 0) is 18.2 Å². The lowest BCUT2D eigenvalue weighted by atomic mass is 10.1. The average molecular weight is 389 g/mol. The number of fused-ring (bicyclic) bond motifs is 1. The van der Waals surface area contributed by atoms with Gasteiger partial charge in [0, 0.05) is 23.4 Å². The lowest BCUT2D eigenvalue weighted by molar-refractivity contribution is -0.145. The zero-order chi connectivity index (χ0) is 19.3. The Morgan fingerprint density at radius 1 is 1.08 bits per heavy atom. The number of nitrogens with one attached hydrogen (secondary N) is 3. The maximum absolute atomic E-state index is 13.2. The zero-order valence-corrected chi connectivity index (χ0v) is 13.4. The van der Waals surface area contributed by atoms with Crippen molar-refractivity contribution in [3.63, 3.8) is 0 Å². The smallest absolute Gasteiger partial charge is 0.323 e. The van der Waals surface area contributed by atoms with Gasteiger partial charge in [0.1, 0.15) is 4.90 Å².